The molecule has 9 heteroatoms. The molecule has 0 saturated carbocycles. The van der Waals surface area contributed by atoms with Crippen LogP contribution in [-0.4, -0.2) is 74.6 Å². The summed E-state index contributed by atoms with van der Waals surface area (Å²) in [5.41, 5.74) is 3.91. The number of hydrogen-bond acceptors (Lipinski definition) is 5. The van der Waals surface area contributed by atoms with Gasteiger partial charge in [0.2, 0.25) is 11.8 Å². The number of rotatable bonds is 8. The fourth-order valence-electron chi connectivity index (χ4n) is 5.88. The number of carbonyl (C=O) groups excluding carboxylic acids is 3. The Morgan fingerprint density at radius 1 is 0.955 bits per heavy atom. The van der Waals surface area contributed by atoms with Gasteiger partial charge < -0.3 is 20.2 Å². The second kappa shape index (κ2) is 12.9. The molecule has 2 atom stereocenters. The lowest BCUT2D eigenvalue weighted by molar-refractivity contribution is -0.189. The largest absolute Gasteiger partial charge is 0.508 e. The second-order valence-electron chi connectivity index (χ2n) is 12.5. The molecule has 2 saturated heterocycles. The van der Waals surface area contributed by atoms with Gasteiger partial charge in [0.1, 0.15) is 18.0 Å². The summed E-state index contributed by atoms with van der Waals surface area (Å²) in [5, 5.41) is 16.1. The standard InChI is InChI=1S/C35H41N5O4/c1-5-19-38-24-32(42)39-30(20-25-13-17-29(41)18-14-25)33(43)37(22-27-11-15-28(16-12-27)35(2,3)4)23-31(39)40(38)34(44)36-21-26-9-7-6-8-10-26/h5-18,30-31,41H,1,19-24H2,2-4H3,(H,36,44)/t30-,31-/m0/s1. The van der Waals surface area contributed by atoms with Crippen molar-refractivity contribution in [2.45, 2.75) is 57.9 Å². The summed E-state index contributed by atoms with van der Waals surface area (Å²) in [7, 11) is 0. The number of hydrogen-bond donors (Lipinski definition) is 2. The van der Waals surface area contributed by atoms with Crippen molar-refractivity contribution >= 4 is 17.8 Å². The van der Waals surface area contributed by atoms with Crippen LogP contribution in [0.1, 0.15) is 43.0 Å². The zero-order valence-electron chi connectivity index (χ0n) is 25.6. The Labute approximate surface area is 259 Å². The van der Waals surface area contributed by atoms with Crippen molar-refractivity contribution in [2.24, 2.45) is 0 Å². The van der Waals surface area contributed by atoms with Crippen molar-refractivity contribution in [1.82, 2.24) is 25.1 Å². The molecule has 9 nitrogen and oxygen atoms in total. The Hall–Kier alpha value is -4.63. The maximum atomic E-state index is 14.2. The number of nitrogens with one attached hydrogen (secondary N) is 1. The van der Waals surface area contributed by atoms with Crippen LogP contribution >= 0.6 is 0 Å². The molecule has 5 rings (SSSR count). The first-order valence-electron chi connectivity index (χ1n) is 15.0. The molecular formula is C35H41N5O4. The maximum Gasteiger partial charge on any atom is 0.334 e. The van der Waals surface area contributed by atoms with Crippen molar-refractivity contribution < 1.29 is 19.5 Å². The molecule has 0 aromatic heterocycles. The van der Waals surface area contributed by atoms with E-state index >= 15 is 0 Å². The van der Waals surface area contributed by atoms with Crippen molar-refractivity contribution in [3.05, 3.63) is 114 Å². The minimum atomic E-state index is -0.824. The lowest BCUT2D eigenvalue weighted by atomic mass is 9.86. The van der Waals surface area contributed by atoms with Crippen LogP contribution in [0.25, 0.3) is 0 Å². The quantitative estimate of drug-likeness (QED) is 0.376. The zero-order chi connectivity index (χ0) is 31.4. The number of piperazine rings is 1. The number of phenolic OH excluding ortho intramolecular Hbond substituents is 1. The molecular weight excluding hydrogens is 554 g/mol. The van der Waals surface area contributed by atoms with Crippen molar-refractivity contribution in [1.29, 1.82) is 0 Å². The van der Waals surface area contributed by atoms with E-state index in [9.17, 15) is 19.5 Å². The van der Waals surface area contributed by atoms with Gasteiger partial charge in [-0.25, -0.2) is 14.8 Å². The number of phenols is 1. The fraction of sp³-hybridized carbons (Fsp3) is 0.343. The molecule has 0 aliphatic carbocycles. The second-order valence-corrected chi connectivity index (χ2v) is 12.5. The summed E-state index contributed by atoms with van der Waals surface area (Å²) >= 11 is 0. The van der Waals surface area contributed by atoms with Crippen molar-refractivity contribution in [3.63, 3.8) is 0 Å². The highest BCUT2D eigenvalue weighted by molar-refractivity contribution is 5.91. The summed E-state index contributed by atoms with van der Waals surface area (Å²) < 4.78 is 0. The minimum absolute atomic E-state index is 0.000127. The molecule has 2 aliphatic heterocycles. The van der Waals surface area contributed by atoms with Crippen LogP contribution in [0, 0.1) is 0 Å². The number of benzene rings is 3. The van der Waals surface area contributed by atoms with Gasteiger partial charge in [0.05, 0.1) is 13.1 Å². The molecule has 0 spiro atoms. The highest BCUT2D eigenvalue weighted by atomic mass is 16.3. The number of aromatic hydroxyl groups is 1. The van der Waals surface area contributed by atoms with E-state index in [1.807, 2.05) is 42.5 Å². The first kappa shape index (κ1) is 30.8. The summed E-state index contributed by atoms with van der Waals surface area (Å²) in [4.78, 5) is 45.1. The Bertz CT molecular complexity index is 1480. The van der Waals surface area contributed by atoms with Crippen molar-refractivity contribution in [3.8, 4) is 5.75 Å². The number of carbonyl (C=O) groups is 3. The van der Waals surface area contributed by atoms with E-state index in [1.54, 1.807) is 50.2 Å². The minimum Gasteiger partial charge on any atom is -0.508 e. The van der Waals surface area contributed by atoms with Gasteiger partial charge in [0.25, 0.3) is 0 Å². The van der Waals surface area contributed by atoms with E-state index < -0.39 is 12.2 Å². The van der Waals surface area contributed by atoms with Crippen LogP contribution in [0.15, 0.2) is 91.5 Å². The van der Waals surface area contributed by atoms with Crippen LogP contribution in [0.4, 0.5) is 4.79 Å². The van der Waals surface area contributed by atoms with Crippen LogP contribution in [-0.2, 0) is 34.5 Å². The Morgan fingerprint density at radius 3 is 2.25 bits per heavy atom. The van der Waals surface area contributed by atoms with Gasteiger partial charge in [-0.3, -0.25) is 9.59 Å². The Morgan fingerprint density at radius 2 is 1.61 bits per heavy atom. The molecule has 2 aliphatic rings. The van der Waals surface area contributed by atoms with E-state index in [-0.39, 0.29) is 48.5 Å². The van der Waals surface area contributed by atoms with Crippen LogP contribution in [0.3, 0.4) is 0 Å². The molecule has 230 valence electrons. The summed E-state index contributed by atoms with van der Waals surface area (Å²) in [6.07, 6.45) is 1.19. The van der Waals surface area contributed by atoms with E-state index in [4.69, 9.17) is 0 Å². The molecule has 0 bridgehead atoms. The monoisotopic (exact) mass is 595 g/mol. The third-order valence-electron chi connectivity index (χ3n) is 8.22. The highest BCUT2D eigenvalue weighted by Gasteiger charge is 2.51. The maximum absolute atomic E-state index is 14.2. The smallest absolute Gasteiger partial charge is 0.334 e. The highest BCUT2D eigenvalue weighted by Crippen LogP contribution is 2.30. The van der Waals surface area contributed by atoms with Crippen LogP contribution < -0.4 is 5.32 Å². The SMILES string of the molecule is C=CCN1CC(=O)N2[C@@H](Cc3ccc(O)cc3)C(=O)N(Cc3ccc(C(C)(C)C)cc3)C[C@@H]2N1C(=O)NCc1ccccc1. The van der Waals surface area contributed by atoms with Crippen molar-refractivity contribution in [2.75, 3.05) is 19.6 Å². The molecule has 0 unspecified atom stereocenters. The summed E-state index contributed by atoms with van der Waals surface area (Å²) in [5.74, 6) is -0.281. The summed E-state index contributed by atoms with van der Waals surface area (Å²) in [6.45, 7) is 11.4. The Kier molecular flexibility index (Phi) is 9.06. The van der Waals surface area contributed by atoms with Gasteiger partial charge in [0.15, 0.2) is 0 Å². The van der Waals surface area contributed by atoms with Crippen LogP contribution in [0.5, 0.6) is 5.75 Å². The van der Waals surface area contributed by atoms with Gasteiger partial charge in [-0.1, -0.05) is 93.6 Å². The molecule has 3 aromatic carbocycles. The van der Waals surface area contributed by atoms with Gasteiger partial charge in [-0.15, -0.1) is 6.58 Å². The predicted octanol–water partition coefficient (Wildman–Crippen LogP) is 4.43. The number of amides is 4. The van der Waals surface area contributed by atoms with E-state index in [0.717, 1.165) is 16.7 Å². The van der Waals surface area contributed by atoms with E-state index in [1.165, 1.54) is 5.56 Å². The summed E-state index contributed by atoms with van der Waals surface area (Å²) in [6, 6.07) is 23.3. The van der Waals surface area contributed by atoms with Gasteiger partial charge >= 0.3 is 6.03 Å². The van der Waals surface area contributed by atoms with Gasteiger partial charge in [0, 0.05) is 26.1 Å². The van der Waals surface area contributed by atoms with E-state index in [0.29, 0.717) is 19.6 Å². The lowest BCUT2D eigenvalue weighted by Gasteiger charge is -2.55. The molecule has 0 radical (unpaired) electrons. The topological polar surface area (TPSA) is 96.4 Å². The van der Waals surface area contributed by atoms with E-state index in [2.05, 4.69) is 44.8 Å². The number of fused-ring (bicyclic) bond motifs is 1. The first-order valence-corrected chi connectivity index (χ1v) is 15.0. The zero-order valence-corrected chi connectivity index (χ0v) is 25.6. The molecule has 4 amide bonds. The molecule has 44 heavy (non-hydrogen) atoms. The Balaban J connectivity index is 1.48. The molecule has 2 heterocycles. The molecule has 2 N–H and O–H groups in total. The normalized spacial score (nSPS) is 19.1. The van der Waals surface area contributed by atoms with Crippen LogP contribution in [0.2, 0.25) is 0 Å². The van der Waals surface area contributed by atoms with Gasteiger partial charge in [-0.05, 0) is 39.8 Å². The van der Waals surface area contributed by atoms with Gasteiger partial charge in [-0.2, -0.15) is 0 Å². The average molecular weight is 596 g/mol. The number of urea groups is 1. The molecule has 3 aromatic rings. The number of hydrazine groups is 1. The predicted molar refractivity (Wildman–Crippen MR) is 169 cm³/mol. The molecule has 2 fully saturated rings. The third kappa shape index (κ3) is 6.78. The number of nitrogens with zero attached hydrogens (tertiary/aromatic N) is 4. The third-order valence-corrected chi connectivity index (χ3v) is 8.22. The fourth-order valence-corrected chi connectivity index (χ4v) is 5.88. The average Bonchev–Trinajstić information content (AvgIpc) is 2.99. The lowest BCUT2D eigenvalue weighted by Crippen LogP contribution is -2.76. The first-order chi connectivity index (χ1) is 21.0.